The van der Waals surface area contributed by atoms with Gasteiger partial charge in [0.15, 0.2) is 0 Å². The van der Waals surface area contributed by atoms with Crippen LogP contribution in [-0.2, 0) is 0 Å². The van der Waals surface area contributed by atoms with Crippen LogP contribution in [0, 0.1) is 0 Å². The first kappa shape index (κ1) is 19.5. The Morgan fingerprint density at radius 2 is 1.08 bits per heavy atom. The van der Waals surface area contributed by atoms with Gasteiger partial charge >= 0.3 is 0 Å². The topological polar surface area (TPSA) is 18.1 Å². The van der Waals surface area contributed by atoms with Crippen LogP contribution in [0.1, 0.15) is 0 Å². The molecule has 2 heterocycles. The van der Waals surface area contributed by atoms with Crippen molar-refractivity contribution in [2.45, 2.75) is 0 Å². The zero-order valence-electron chi connectivity index (χ0n) is 19.5. The second-order valence-electron chi connectivity index (χ2n) is 9.36. The summed E-state index contributed by atoms with van der Waals surface area (Å²) >= 11 is 0. The molecule has 0 saturated heterocycles. The lowest BCUT2D eigenvalue weighted by Gasteiger charge is -2.10. The van der Waals surface area contributed by atoms with Crippen molar-refractivity contribution in [1.29, 1.82) is 0 Å². The number of hydrogen-bond donors (Lipinski definition) is 0. The third kappa shape index (κ3) is 2.67. The highest BCUT2D eigenvalue weighted by atomic mass is 16.3. The normalized spacial score (nSPS) is 11.9. The quantitative estimate of drug-likeness (QED) is 0.252. The Balaban J connectivity index is 1.52. The van der Waals surface area contributed by atoms with Crippen LogP contribution in [0.15, 0.2) is 132 Å². The van der Waals surface area contributed by atoms with Gasteiger partial charge in [-0.2, -0.15) is 0 Å². The van der Waals surface area contributed by atoms with E-state index in [1.165, 1.54) is 49.1 Å². The summed E-state index contributed by atoms with van der Waals surface area (Å²) in [6.45, 7) is 0. The molecule has 2 aromatic heterocycles. The smallest absolute Gasteiger partial charge is 0.136 e. The maximum Gasteiger partial charge on any atom is 0.136 e. The van der Waals surface area contributed by atoms with E-state index in [2.05, 4.69) is 126 Å². The van der Waals surface area contributed by atoms with Crippen LogP contribution in [0.4, 0.5) is 0 Å². The number of benzene rings is 6. The molecule has 8 rings (SSSR count). The molecule has 0 saturated carbocycles. The standard InChI is InChI=1S/C34H21NO/c1-2-8-22(9-3-1)23-14-17-25(18-15-23)35-28-19-16-24-10-4-5-11-26(24)32(28)34-29(35)20-21-31-33(34)27-12-6-7-13-30(27)36-31/h1-21H. The molecule has 0 N–H and O–H groups in total. The van der Waals surface area contributed by atoms with Gasteiger partial charge in [0.1, 0.15) is 11.2 Å². The van der Waals surface area contributed by atoms with Gasteiger partial charge in [-0.05, 0) is 58.3 Å². The number of para-hydroxylation sites is 1. The zero-order chi connectivity index (χ0) is 23.6. The fourth-order valence-electron chi connectivity index (χ4n) is 5.80. The second-order valence-corrected chi connectivity index (χ2v) is 9.36. The van der Waals surface area contributed by atoms with Gasteiger partial charge in [0.2, 0.25) is 0 Å². The first-order chi connectivity index (χ1) is 17.9. The van der Waals surface area contributed by atoms with E-state index < -0.39 is 0 Å². The second kappa shape index (κ2) is 7.34. The molecule has 6 aromatic carbocycles. The molecular weight excluding hydrogens is 438 g/mol. The molecule has 0 atom stereocenters. The summed E-state index contributed by atoms with van der Waals surface area (Å²) in [7, 11) is 0. The SMILES string of the molecule is c1ccc(-c2ccc(-n3c4ccc5ccccc5c4c4c5c(ccc43)oc3ccccc35)cc2)cc1. The third-order valence-electron chi connectivity index (χ3n) is 7.39. The van der Waals surface area contributed by atoms with Crippen molar-refractivity contribution < 1.29 is 4.42 Å². The molecule has 8 aromatic rings. The van der Waals surface area contributed by atoms with Crippen LogP contribution in [-0.4, -0.2) is 4.57 Å². The predicted molar refractivity (Wildman–Crippen MR) is 151 cm³/mol. The van der Waals surface area contributed by atoms with E-state index in [4.69, 9.17) is 4.42 Å². The highest BCUT2D eigenvalue weighted by molar-refractivity contribution is 6.32. The molecule has 0 fully saturated rings. The van der Waals surface area contributed by atoms with Gasteiger partial charge in [0, 0.05) is 27.2 Å². The lowest BCUT2D eigenvalue weighted by atomic mass is 10.0. The lowest BCUT2D eigenvalue weighted by Crippen LogP contribution is -1.93. The van der Waals surface area contributed by atoms with E-state index in [-0.39, 0.29) is 0 Å². The first-order valence-electron chi connectivity index (χ1n) is 12.3. The molecule has 0 aliphatic rings. The highest BCUT2D eigenvalue weighted by Crippen LogP contribution is 2.43. The van der Waals surface area contributed by atoms with Gasteiger partial charge in [-0.3, -0.25) is 0 Å². The van der Waals surface area contributed by atoms with Crippen molar-refractivity contribution in [2.75, 3.05) is 0 Å². The van der Waals surface area contributed by atoms with E-state index in [1.54, 1.807) is 0 Å². The molecule has 0 aliphatic heterocycles. The van der Waals surface area contributed by atoms with Crippen molar-refractivity contribution >= 4 is 54.5 Å². The minimum absolute atomic E-state index is 0.924. The Bertz CT molecular complexity index is 2080. The van der Waals surface area contributed by atoms with Crippen LogP contribution in [0.25, 0.3) is 71.3 Å². The van der Waals surface area contributed by atoms with Crippen molar-refractivity contribution in [1.82, 2.24) is 4.57 Å². The molecule has 0 aliphatic carbocycles. The van der Waals surface area contributed by atoms with Crippen molar-refractivity contribution in [3.05, 3.63) is 127 Å². The fourth-order valence-corrected chi connectivity index (χ4v) is 5.80. The molecule has 0 unspecified atom stereocenters. The highest BCUT2D eigenvalue weighted by Gasteiger charge is 2.20. The Hall–Kier alpha value is -4.82. The minimum atomic E-state index is 0.924. The monoisotopic (exact) mass is 459 g/mol. The van der Waals surface area contributed by atoms with Gasteiger partial charge in [0.05, 0.1) is 11.0 Å². The molecule has 0 bridgehead atoms. The average Bonchev–Trinajstić information content (AvgIpc) is 3.49. The number of aromatic nitrogens is 1. The molecule has 2 heteroatoms. The maximum atomic E-state index is 6.29. The van der Waals surface area contributed by atoms with Gasteiger partial charge in [-0.1, -0.05) is 91.0 Å². The predicted octanol–water partition coefficient (Wildman–Crippen LogP) is 9.50. The summed E-state index contributed by atoms with van der Waals surface area (Å²) in [6.07, 6.45) is 0. The van der Waals surface area contributed by atoms with E-state index in [1.807, 2.05) is 6.07 Å². The number of hydrogen-bond acceptors (Lipinski definition) is 1. The molecule has 0 spiro atoms. The van der Waals surface area contributed by atoms with Gasteiger partial charge in [-0.15, -0.1) is 0 Å². The summed E-state index contributed by atoms with van der Waals surface area (Å²) in [5.74, 6) is 0. The molecular formula is C34H21NO. The van der Waals surface area contributed by atoms with E-state index >= 15 is 0 Å². The Kier molecular flexibility index (Phi) is 3.97. The first-order valence-corrected chi connectivity index (χ1v) is 12.3. The Morgan fingerprint density at radius 3 is 1.94 bits per heavy atom. The van der Waals surface area contributed by atoms with Gasteiger partial charge in [0.25, 0.3) is 0 Å². The molecule has 2 nitrogen and oxygen atoms in total. The fraction of sp³-hybridized carbons (Fsp3) is 0. The van der Waals surface area contributed by atoms with Crippen molar-refractivity contribution in [2.24, 2.45) is 0 Å². The van der Waals surface area contributed by atoms with Crippen LogP contribution >= 0.6 is 0 Å². The summed E-state index contributed by atoms with van der Waals surface area (Å²) in [5, 5.41) is 7.36. The third-order valence-corrected chi connectivity index (χ3v) is 7.39. The molecule has 36 heavy (non-hydrogen) atoms. The zero-order valence-corrected chi connectivity index (χ0v) is 19.5. The Labute approximate surface area is 207 Å². The molecule has 168 valence electrons. The summed E-state index contributed by atoms with van der Waals surface area (Å²) in [6, 6.07) is 45.3. The van der Waals surface area contributed by atoms with Crippen molar-refractivity contribution in [3.63, 3.8) is 0 Å². The number of fused-ring (bicyclic) bond motifs is 9. The van der Waals surface area contributed by atoms with Gasteiger partial charge < -0.3 is 8.98 Å². The number of furan rings is 1. The Morgan fingerprint density at radius 1 is 0.417 bits per heavy atom. The summed E-state index contributed by atoms with van der Waals surface area (Å²) in [4.78, 5) is 0. The van der Waals surface area contributed by atoms with Crippen LogP contribution in [0.2, 0.25) is 0 Å². The lowest BCUT2D eigenvalue weighted by molar-refractivity contribution is 0.669. The summed E-state index contributed by atoms with van der Waals surface area (Å²) < 4.78 is 8.69. The maximum absolute atomic E-state index is 6.29. The van der Waals surface area contributed by atoms with E-state index in [0.717, 1.165) is 22.2 Å². The van der Waals surface area contributed by atoms with Crippen LogP contribution in [0.5, 0.6) is 0 Å². The van der Waals surface area contributed by atoms with E-state index in [0.29, 0.717) is 0 Å². The number of nitrogens with zero attached hydrogens (tertiary/aromatic N) is 1. The minimum Gasteiger partial charge on any atom is -0.456 e. The number of rotatable bonds is 2. The average molecular weight is 460 g/mol. The van der Waals surface area contributed by atoms with Crippen LogP contribution < -0.4 is 0 Å². The van der Waals surface area contributed by atoms with Crippen LogP contribution in [0.3, 0.4) is 0 Å². The molecule has 0 amide bonds. The summed E-state index contributed by atoms with van der Waals surface area (Å²) in [5.41, 5.74) is 7.83. The molecule has 0 radical (unpaired) electrons. The largest absolute Gasteiger partial charge is 0.456 e. The van der Waals surface area contributed by atoms with Crippen molar-refractivity contribution in [3.8, 4) is 16.8 Å². The van der Waals surface area contributed by atoms with E-state index in [9.17, 15) is 0 Å². The van der Waals surface area contributed by atoms with Gasteiger partial charge in [-0.25, -0.2) is 0 Å².